The molecule has 0 aromatic carbocycles. The Morgan fingerprint density at radius 1 is 1.86 bits per heavy atom. The van der Waals surface area contributed by atoms with Gasteiger partial charge < -0.3 is 9.47 Å². The predicted octanol–water partition coefficient (Wildman–Crippen LogP) is 0.871. The molecule has 2 unspecified atom stereocenters. The molecule has 0 saturated carbocycles. The number of epoxide rings is 1. The summed E-state index contributed by atoms with van der Waals surface area (Å²) in [5.74, 6) is 0.701. The van der Waals surface area contributed by atoms with Crippen LogP contribution in [-0.2, 0) is 9.47 Å². The van der Waals surface area contributed by atoms with Crippen molar-refractivity contribution in [2.45, 2.75) is 19.3 Å². The lowest BCUT2D eigenvalue weighted by Gasteiger charge is -1.97. The lowest BCUT2D eigenvalue weighted by atomic mass is 10.2. The van der Waals surface area contributed by atoms with E-state index in [0.29, 0.717) is 12.4 Å². The van der Waals surface area contributed by atoms with E-state index in [2.05, 4.69) is 27.4 Å². The van der Waals surface area contributed by atoms with Gasteiger partial charge in [0.15, 0.2) is 6.29 Å². The number of H-pyrrole nitrogens is 1. The molecule has 0 spiro atoms. The van der Waals surface area contributed by atoms with Crippen molar-refractivity contribution in [1.29, 1.82) is 0 Å². The average Bonchev–Trinajstić information content (AvgIpc) is 2.77. The smallest absolute Gasteiger partial charge is 0.189 e. The molecule has 1 aromatic rings. The summed E-state index contributed by atoms with van der Waals surface area (Å²) in [5, 5.41) is 10.2. The van der Waals surface area contributed by atoms with Gasteiger partial charge >= 0.3 is 0 Å². The van der Waals surface area contributed by atoms with Gasteiger partial charge in [-0.3, -0.25) is 10.5 Å². The highest BCUT2D eigenvalue weighted by Crippen LogP contribution is 2.41. The summed E-state index contributed by atoms with van der Waals surface area (Å²) in [5.41, 5.74) is 3.61. The fourth-order valence-electron chi connectivity index (χ4n) is 1.29. The number of aromatic amines is 1. The summed E-state index contributed by atoms with van der Waals surface area (Å²) in [7, 11) is 0. The minimum Gasteiger partial charge on any atom is -0.350 e. The maximum Gasteiger partial charge on any atom is 0.189 e. The molecule has 2 rings (SSSR count). The van der Waals surface area contributed by atoms with E-state index in [1.807, 2.05) is 6.92 Å². The third-order valence-corrected chi connectivity index (χ3v) is 1.95. The molecule has 0 radical (unpaired) electrons. The molecule has 0 amide bonds. The molecule has 2 atom stereocenters. The molecular weight excluding hydrogens is 184 g/mol. The number of hydrazone groups is 1. The van der Waals surface area contributed by atoms with Crippen LogP contribution >= 0.6 is 0 Å². The number of aromatic nitrogens is 2. The summed E-state index contributed by atoms with van der Waals surface area (Å²) in [6, 6.07) is 0. The molecule has 1 aliphatic heterocycles. The van der Waals surface area contributed by atoms with Crippen LogP contribution < -0.4 is 5.43 Å². The normalized spacial score (nSPS) is 24.6. The third-order valence-electron chi connectivity index (χ3n) is 1.95. The summed E-state index contributed by atoms with van der Waals surface area (Å²) < 4.78 is 10.6. The average molecular weight is 196 g/mol. The maximum absolute atomic E-state index is 5.30. The number of nitrogens with zero attached hydrogens (tertiary/aromatic N) is 2. The highest BCUT2D eigenvalue weighted by atomic mass is 16.8. The Morgan fingerprint density at radius 2 is 2.71 bits per heavy atom. The van der Waals surface area contributed by atoms with E-state index in [0.717, 1.165) is 5.56 Å². The first kappa shape index (κ1) is 9.17. The Hall–Kier alpha value is -1.40. The molecular formula is C8H12N4O2. The minimum absolute atomic E-state index is 0.0436. The molecule has 76 valence electrons. The highest BCUT2D eigenvalue weighted by Gasteiger charge is 2.43. The second kappa shape index (κ2) is 3.77. The summed E-state index contributed by atoms with van der Waals surface area (Å²) >= 11 is 0. The molecule has 1 aromatic heterocycles. The van der Waals surface area contributed by atoms with Gasteiger partial charge in [0.1, 0.15) is 11.9 Å². The van der Waals surface area contributed by atoms with E-state index >= 15 is 0 Å². The van der Waals surface area contributed by atoms with Crippen LogP contribution in [0.1, 0.15) is 18.6 Å². The van der Waals surface area contributed by atoms with E-state index in [4.69, 9.17) is 9.47 Å². The summed E-state index contributed by atoms with van der Waals surface area (Å²) in [6.45, 7) is 5.90. The zero-order chi connectivity index (χ0) is 9.97. The van der Waals surface area contributed by atoms with Gasteiger partial charge in [0, 0.05) is 18.9 Å². The van der Waals surface area contributed by atoms with Crippen molar-refractivity contribution in [3.05, 3.63) is 11.8 Å². The van der Waals surface area contributed by atoms with Gasteiger partial charge in [-0.15, -0.1) is 0 Å². The molecule has 6 heteroatoms. The van der Waals surface area contributed by atoms with Crippen LogP contribution in [-0.4, -0.2) is 29.8 Å². The monoisotopic (exact) mass is 196 g/mol. The molecule has 2 N–H and O–H groups in total. The van der Waals surface area contributed by atoms with Crippen LogP contribution in [0.4, 0.5) is 5.82 Å². The molecule has 2 heterocycles. The first-order chi connectivity index (χ1) is 6.86. The van der Waals surface area contributed by atoms with Crippen LogP contribution in [0.3, 0.4) is 0 Å². The van der Waals surface area contributed by atoms with Crippen molar-refractivity contribution in [1.82, 2.24) is 10.2 Å². The number of hydrogen-bond acceptors (Lipinski definition) is 5. The van der Waals surface area contributed by atoms with E-state index in [-0.39, 0.29) is 12.4 Å². The van der Waals surface area contributed by atoms with Crippen molar-refractivity contribution in [3.63, 3.8) is 0 Å². The number of nitrogens with one attached hydrogen (secondary N) is 2. The number of anilines is 1. The van der Waals surface area contributed by atoms with Gasteiger partial charge in [0.05, 0.1) is 6.20 Å². The van der Waals surface area contributed by atoms with Gasteiger partial charge in [-0.25, -0.2) is 0 Å². The summed E-state index contributed by atoms with van der Waals surface area (Å²) in [4.78, 5) is 0. The lowest BCUT2D eigenvalue weighted by Crippen LogP contribution is -1.97. The molecule has 6 nitrogen and oxygen atoms in total. The van der Waals surface area contributed by atoms with Crippen molar-refractivity contribution < 1.29 is 9.47 Å². The Bertz CT molecular complexity index is 325. The maximum atomic E-state index is 5.30. The molecule has 1 saturated heterocycles. The molecule has 0 aliphatic carbocycles. The Labute approximate surface area is 81.3 Å². The Balaban J connectivity index is 2.03. The molecule has 1 aliphatic rings. The van der Waals surface area contributed by atoms with Crippen LogP contribution in [0.25, 0.3) is 0 Å². The van der Waals surface area contributed by atoms with E-state index < -0.39 is 0 Å². The van der Waals surface area contributed by atoms with Gasteiger partial charge in [-0.2, -0.15) is 10.2 Å². The largest absolute Gasteiger partial charge is 0.350 e. The topological polar surface area (TPSA) is 74.8 Å². The fourth-order valence-corrected chi connectivity index (χ4v) is 1.29. The lowest BCUT2D eigenvalue weighted by molar-refractivity contribution is 0.0593. The van der Waals surface area contributed by atoms with Crippen LogP contribution in [0.5, 0.6) is 0 Å². The van der Waals surface area contributed by atoms with Gasteiger partial charge in [0.2, 0.25) is 0 Å². The van der Waals surface area contributed by atoms with Crippen LogP contribution in [0.15, 0.2) is 11.3 Å². The van der Waals surface area contributed by atoms with Crippen LogP contribution in [0.2, 0.25) is 0 Å². The molecule has 14 heavy (non-hydrogen) atoms. The van der Waals surface area contributed by atoms with Gasteiger partial charge in [-0.05, 0) is 6.92 Å². The second-order valence-corrected chi connectivity index (χ2v) is 2.85. The van der Waals surface area contributed by atoms with E-state index in [1.165, 1.54) is 0 Å². The Morgan fingerprint density at radius 3 is 3.43 bits per heavy atom. The van der Waals surface area contributed by atoms with Crippen LogP contribution in [0, 0.1) is 0 Å². The summed E-state index contributed by atoms with van der Waals surface area (Å²) in [6.07, 6.45) is 1.50. The van der Waals surface area contributed by atoms with E-state index in [1.54, 1.807) is 6.20 Å². The first-order valence-corrected chi connectivity index (χ1v) is 4.39. The number of hydrogen-bond donors (Lipinski definition) is 2. The van der Waals surface area contributed by atoms with Crippen molar-refractivity contribution >= 4 is 12.5 Å². The molecule has 0 bridgehead atoms. The standard InChI is InChI=1S/C8H12N4O2/c1-3-13-8-6(14-8)5-4-10-12-7(5)11-9-2/h4,6,8H,2-3H2,1H3,(H2,10,11,12). The zero-order valence-corrected chi connectivity index (χ0v) is 7.86. The minimum atomic E-state index is -0.150. The predicted molar refractivity (Wildman–Crippen MR) is 51.0 cm³/mol. The van der Waals surface area contributed by atoms with E-state index in [9.17, 15) is 0 Å². The Kier molecular flexibility index (Phi) is 2.47. The second-order valence-electron chi connectivity index (χ2n) is 2.85. The SMILES string of the molecule is C=NNc1[nH]ncc1C1OC1OCC. The molecule has 1 fully saturated rings. The zero-order valence-electron chi connectivity index (χ0n) is 7.86. The first-order valence-electron chi connectivity index (χ1n) is 4.39. The van der Waals surface area contributed by atoms with Crippen molar-refractivity contribution in [2.24, 2.45) is 5.10 Å². The van der Waals surface area contributed by atoms with Crippen molar-refractivity contribution in [2.75, 3.05) is 12.0 Å². The third kappa shape index (κ3) is 1.61. The van der Waals surface area contributed by atoms with Gasteiger partial charge in [0.25, 0.3) is 0 Å². The fraction of sp³-hybridized carbons (Fsp3) is 0.500. The quantitative estimate of drug-likeness (QED) is 0.416. The van der Waals surface area contributed by atoms with Crippen molar-refractivity contribution in [3.8, 4) is 0 Å². The highest BCUT2D eigenvalue weighted by molar-refractivity contribution is 5.46. The number of ether oxygens (including phenoxy) is 2. The number of rotatable bonds is 5. The van der Waals surface area contributed by atoms with Gasteiger partial charge in [-0.1, -0.05) is 0 Å².